The molecule has 4 nitrogen and oxygen atoms in total. The maximum Gasteiger partial charge on any atom is 0.328 e. The Bertz CT molecular complexity index is 362. The van der Waals surface area contributed by atoms with Gasteiger partial charge < -0.3 is 5.11 Å². The number of imidazole rings is 1. The van der Waals surface area contributed by atoms with E-state index in [1.165, 1.54) is 0 Å². The highest BCUT2D eigenvalue weighted by atomic mass is 16.3. The van der Waals surface area contributed by atoms with E-state index in [2.05, 4.69) is 0 Å². The quantitative estimate of drug-likeness (QED) is 0.767. The lowest BCUT2D eigenvalue weighted by atomic mass is 10.2. The van der Waals surface area contributed by atoms with Gasteiger partial charge in [0.1, 0.15) is 0 Å². The molecule has 1 saturated carbocycles. The van der Waals surface area contributed by atoms with E-state index < -0.39 is 0 Å². The average Bonchev–Trinajstić information content (AvgIpc) is 2.95. The van der Waals surface area contributed by atoms with E-state index >= 15 is 0 Å². The van der Waals surface area contributed by atoms with Crippen LogP contribution >= 0.6 is 0 Å². The number of rotatable bonds is 4. The molecule has 1 heterocycles. The molecule has 0 bridgehead atoms. The second-order valence-corrected chi connectivity index (χ2v) is 4.16. The number of hydrogen-bond acceptors (Lipinski definition) is 2. The first-order valence-electron chi connectivity index (χ1n) is 5.10. The normalized spacial score (nSPS) is 18.4. The van der Waals surface area contributed by atoms with Gasteiger partial charge in [-0.05, 0) is 18.8 Å². The van der Waals surface area contributed by atoms with Gasteiger partial charge in [0, 0.05) is 31.6 Å². The SMILES string of the molecule is CC(CO)Cn1ccn(C2CC2)c1=O. The van der Waals surface area contributed by atoms with Gasteiger partial charge in [-0.25, -0.2) is 4.79 Å². The first kappa shape index (κ1) is 9.52. The molecule has 4 heteroatoms. The molecule has 0 aliphatic heterocycles. The molecule has 0 aromatic carbocycles. The van der Waals surface area contributed by atoms with Crippen LogP contribution in [0.3, 0.4) is 0 Å². The van der Waals surface area contributed by atoms with E-state index in [9.17, 15) is 4.79 Å². The summed E-state index contributed by atoms with van der Waals surface area (Å²) in [6, 6.07) is 0.438. The first-order valence-corrected chi connectivity index (χ1v) is 5.10. The van der Waals surface area contributed by atoms with Crippen LogP contribution in [0.1, 0.15) is 25.8 Å². The van der Waals surface area contributed by atoms with Gasteiger partial charge in [-0.1, -0.05) is 6.92 Å². The largest absolute Gasteiger partial charge is 0.396 e. The van der Waals surface area contributed by atoms with Crippen molar-refractivity contribution in [1.82, 2.24) is 9.13 Å². The highest BCUT2D eigenvalue weighted by Crippen LogP contribution is 2.33. The van der Waals surface area contributed by atoms with Crippen LogP contribution in [-0.4, -0.2) is 20.8 Å². The van der Waals surface area contributed by atoms with E-state index in [-0.39, 0.29) is 18.2 Å². The van der Waals surface area contributed by atoms with E-state index in [0.29, 0.717) is 12.6 Å². The predicted octanol–water partition coefficient (Wildman–Crippen LogP) is 0.613. The monoisotopic (exact) mass is 196 g/mol. The van der Waals surface area contributed by atoms with Gasteiger partial charge in [0.2, 0.25) is 0 Å². The summed E-state index contributed by atoms with van der Waals surface area (Å²) in [5, 5.41) is 8.89. The summed E-state index contributed by atoms with van der Waals surface area (Å²) >= 11 is 0. The maximum absolute atomic E-state index is 11.7. The molecule has 1 fully saturated rings. The van der Waals surface area contributed by atoms with E-state index in [0.717, 1.165) is 12.8 Å². The lowest BCUT2D eigenvalue weighted by Gasteiger charge is -2.07. The molecule has 2 rings (SSSR count). The Labute approximate surface area is 82.8 Å². The molecule has 1 aliphatic carbocycles. The Kier molecular flexibility index (Phi) is 2.46. The van der Waals surface area contributed by atoms with Gasteiger partial charge in [0.05, 0.1) is 0 Å². The second-order valence-electron chi connectivity index (χ2n) is 4.16. The van der Waals surface area contributed by atoms with Crippen LogP contribution in [-0.2, 0) is 6.54 Å². The van der Waals surface area contributed by atoms with Gasteiger partial charge in [-0.2, -0.15) is 0 Å². The number of nitrogens with zero attached hydrogens (tertiary/aromatic N) is 2. The molecule has 14 heavy (non-hydrogen) atoms. The van der Waals surface area contributed by atoms with Gasteiger partial charge in [-0.15, -0.1) is 0 Å². The van der Waals surface area contributed by atoms with Crippen molar-refractivity contribution in [1.29, 1.82) is 0 Å². The van der Waals surface area contributed by atoms with Crippen molar-refractivity contribution < 1.29 is 5.11 Å². The highest BCUT2D eigenvalue weighted by molar-refractivity contribution is 4.91. The van der Waals surface area contributed by atoms with Gasteiger partial charge in [0.15, 0.2) is 0 Å². The van der Waals surface area contributed by atoms with Crippen molar-refractivity contribution in [2.24, 2.45) is 5.92 Å². The van der Waals surface area contributed by atoms with Crippen LogP contribution in [0.2, 0.25) is 0 Å². The Balaban J connectivity index is 2.14. The lowest BCUT2D eigenvalue weighted by molar-refractivity contribution is 0.221. The predicted molar refractivity (Wildman–Crippen MR) is 53.2 cm³/mol. The van der Waals surface area contributed by atoms with Crippen molar-refractivity contribution in [3.63, 3.8) is 0 Å². The van der Waals surface area contributed by atoms with Crippen LogP contribution in [0.4, 0.5) is 0 Å². The molecule has 0 amide bonds. The minimum Gasteiger partial charge on any atom is -0.396 e. The van der Waals surface area contributed by atoms with E-state index in [4.69, 9.17) is 5.11 Å². The average molecular weight is 196 g/mol. The fraction of sp³-hybridized carbons (Fsp3) is 0.700. The summed E-state index contributed by atoms with van der Waals surface area (Å²) in [5.41, 5.74) is 0.0628. The zero-order valence-corrected chi connectivity index (χ0v) is 8.39. The molecule has 0 spiro atoms. The second kappa shape index (κ2) is 3.61. The Morgan fingerprint density at radius 1 is 1.57 bits per heavy atom. The standard InChI is InChI=1S/C10H16N2O2/c1-8(7-13)6-11-4-5-12(10(11)14)9-2-3-9/h4-5,8-9,13H,2-3,6-7H2,1H3. The fourth-order valence-electron chi connectivity index (χ4n) is 1.59. The summed E-state index contributed by atoms with van der Waals surface area (Å²) in [7, 11) is 0. The van der Waals surface area contributed by atoms with Crippen molar-refractivity contribution in [3.05, 3.63) is 22.9 Å². The van der Waals surface area contributed by atoms with Crippen molar-refractivity contribution in [2.75, 3.05) is 6.61 Å². The molecule has 1 unspecified atom stereocenters. The minimum atomic E-state index is 0.0628. The first-order chi connectivity index (χ1) is 6.72. The van der Waals surface area contributed by atoms with Crippen LogP contribution in [0, 0.1) is 5.92 Å². The maximum atomic E-state index is 11.7. The topological polar surface area (TPSA) is 47.2 Å². The fourth-order valence-corrected chi connectivity index (χ4v) is 1.59. The minimum absolute atomic E-state index is 0.0628. The Morgan fingerprint density at radius 2 is 2.29 bits per heavy atom. The molecule has 1 aromatic rings. The Hall–Kier alpha value is -1.03. The van der Waals surface area contributed by atoms with E-state index in [1.807, 2.05) is 19.3 Å². The van der Waals surface area contributed by atoms with Crippen molar-refractivity contribution in [3.8, 4) is 0 Å². The zero-order valence-electron chi connectivity index (χ0n) is 8.39. The van der Waals surface area contributed by atoms with Gasteiger partial charge >= 0.3 is 5.69 Å². The summed E-state index contributed by atoms with van der Waals surface area (Å²) < 4.78 is 3.48. The van der Waals surface area contributed by atoms with Crippen LogP contribution in [0.15, 0.2) is 17.2 Å². The van der Waals surface area contributed by atoms with Crippen LogP contribution in [0.5, 0.6) is 0 Å². The van der Waals surface area contributed by atoms with Crippen molar-refractivity contribution in [2.45, 2.75) is 32.4 Å². The molecule has 1 N–H and O–H groups in total. The molecular formula is C10H16N2O2. The molecule has 1 aromatic heterocycles. The molecule has 1 atom stereocenters. The summed E-state index contributed by atoms with van der Waals surface area (Å²) in [5.74, 6) is 0.141. The number of aliphatic hydroxyl groups is 1. The zero-order chi connectivity index (χ0) is 10.1. The third-order valence-electron chi connectivity index (χ3n) is 2.63. The number of hydrogen-bond donors (Lipinski definition) is 1. The third kappa shape index (κ3) is 1.75. The molecule has 78 valence electrons. The van der Waals surface area contributed by atoms with Crippen LogP contribution < -0.4 is 5.69 Å². The summed E-state index contributed by atoms with van der Waals surface area (Å²) in [6.07, 6.45) is 5.91. The smallest absolute Gasteiger partial charge is 0.328 e. The molecule has 0 radical (unpaired) electrons. The van der Waals surface area contributed by atoms with Gasteiger partial charge in [0.25, 0.3) is 0 Å². The third-order valence-corrected chi connectivity index (χ3v) is 2.63. The number of aromatic nitrogens is 2. The number of aliphatic hydroxyl groups excluding tert-OH is 1. The summed E-state index contributed by atoms with van der Waals surface area (Å²) in [4.78, 5) is 11.7. The van der Waals surface area contributed by atoms with Crippen molar-refractivity contribution >= 4 is 0 Å². The van der Waals surface area contributed by atoms with E-state index in [1.54, 1.807) is 9.13 Å². The van der Waals surface area contributed by atoms with Crippen LogP contribution in [0.25, 0.3) is 0 Å². The Morgan fingerprint density at radius 3 is 2.86 bits per heavy atom. The lowest BCUT2D eigenvalue weighted by Crippen LogP contribution is -2.26. The summed E-state index contributed by atoms with van der Waals surface area (Å²) in [6.45, 7) is 2.66. The highest BCUT2D eigenvalue weighted by Gasteiger charge is 2.25. The van der Waals surface area contributed by atoms with Gasteiger partial charge in [-0.3, -0.25) is 9.13 Å². The molecular weight excluding hydrogens is 180 g/mol. The molecule has 1 aliphatic rings. The molecule has 0 saturated heterocycles.